The van der Waals surface area contributed by atoms with Crippen molar-refractivity contribution in [1.29, 1.82) is 0 Å². The molecule has 0 N–H and O–H groups in total. The van der Waals surface area contributed by atoms with E-state index in [2.05, 4.69) is 303 Å². The van der Waals surface area contributed by atoms with Crippen LogP contribution in [0.3, 0.4) is 0 Å². The van der Waals surface area contributed by atoms with E-state index in [1.165, 1.54) is 104 Å². The molecule has 18 aromatic rings. The molecule has 2 heterocycles. The summed E-state index contributed by atoms with van der Waals surface area (Å²) in [7, 11) is 0. The Bertz CT molecular complexity index is 5700. The van der Waals surface area contributed by atoms with Crippen LogP contribution in [-0.4, -0.2) is 0 Å². The molecule has 0 radical (unpaired) electrons. The zero-order chi connectivity index (χ0) is 56.4. The minimum Gasteiger partial charge on any atom is -0.455 e. The Morgan fingerprint density at radius 3 is 1.20 bits per heavy atom. The summed E-state index contributed by atoms with van der Waals surface area (Å²) in [5.41, 5.74) is 20.0. The smallest absolute Gasteiger partial charge is 0.143 e. The summed E-state index contributed by atoms with van der Waals surface area (Å²) in [6, 6.07) is 111. The predicted molar refractivity (Wildman–Crippen MR) is 364 cm³/mol. The van der Waals surface area contributed by atoms with Crippen LogP contribution in [0.2, 0.25) is 0 Å². The molecular weight excluding hydrogens is 1040 g/mol. The molecule has 0 saturated carbocycles. The molecule has 0 spiro atoms. The minimum atomic E-state index is 0.881. The lowest BCUT2D eigenvalue weighted by molar-refractivity contribution is 0.669. The molecule has 0 atom stereocenters. The molecule has 2 nitrogen and oxygen atoms in total. The molecule has 0 aliphatic carbocycles. The molecule has 0 amide bonds. The highest BCUT2D eigenvalue weighted by atomic mass is 16.3. The van der Waals surface area contributed by atoms with E-state index in [0.717, 1.165) is 82.8 Å². The van der Waals surface area contributed by atoms with Crippen molar-refractivity contribution in [2.75, 3.05) is 0 Å². The Balaban J connectivity index is 0.741. The molecule has 86 heavy (non-hydrogen) atoms. The van der Waals surface area contributed by atoms with Crippen molar-refractivity contribution in [3.05, 3.63) is 303 Å². The summed E-state index contributed by atoms with van der Waals surface area (Å²) < 4.78 is 13.7. The first-order valence-electron chi connectivity index (χ1n) is 29.6. The fourth-order valence-electron chi connectivity index (χ4n) is 14.4. The van der Waals surface area contributed by atoms with Crippen molar-refractivity contribution in [2.45, 2.75) is 0 Å². The van der Waals surface area contributed by atoms with Gasteiger partial charge in [0.05, 0.1) is 0 Å². The fourth-order valence-corrected chi connectivity index (χ4v) is 14.4. The molecule has 0 saturated heterocycles. The fraction of sp³-hybridized carbons (Fsp3) is 0. The molecule has 18 rings (SSSR count). The average molecular weight is 1090 g/mol. The lowest BCUT2D eigenvalue weighted by atomic mass is 9.84. The van der Waals surface area contributed by atoms with E-state index >= 15 is 0 Å². The molecular formula is C84H50O2. The zero-order valence-corrected chi connectivity index (χ0v) is 46.7. The number of para-hydroxylation sites is 2. The van der Waals surface area contributed by atoms with Gasteiger partial charge >= 0.3 is 0 Å². The van der Waals surface area contributed by atoms with Gasteiger partial charge < -0.3 is 8.83 Å². The van der Waals surface area contributed by atoms with E-state index in [1.54, 1.807) is 0 Å². The van der Waals surface area contributed by atoms with Gasteiger partial charge in [-0.05, 0) is 168 Å². The van der Waals surface area contributed by atoms with E-state index in [4.69, 9.17) is 8.83 Å². The second kappa shape index (κ2) is 19.1. The van der Waals surface area contributed by atoms with Gasteiger partial charge in [0, 0.05) is 32.7 Å². The zero-order valence-electron chi connectivity index (χ0n) is 46.7. The van der Waals surface area contributed by atoms with E-state index in [-0.39, 0.29) is 0 Å². The quantitative estimate of drug-likeness (QED) is 0.149. The maximum Gasteiger partial charge on any atom is 0.143 e. The Morgan fingerprint density at radius 2 is 0.558 bits per heavy atom. The summed E-state index contributed by atoms with van der Waals surface area (Å²) in [6.45, 7) is 0. The summed E-state index contributed by atoms with van der Waals surface area (Å²) in [5.74, 6) is 0. The van der Waals surface area contributed by atoms with Gasteiger partial charge in [0.2, 0.25) is 0 Å². The highest BCUT2D eigenvalue weighted by Gasteiger charge is 2.23. The van der Waals surface area contributed by atoms with E-state index < -0.39 is 0 Å². The molecule has 2 heteroatoms. The molecule has 0 bridgehead atoms. The van der Waals surface area contributed by atoms with Crippen LogP contribution in [0.15, 0.2) is 312 Å². The van der Waals surface area contributed by atoms with Gasteiger partial charge in [-0.25, -0.2) is 0 Å². The van der Waals surface area contributed by atoms with Crippen LogP contribution >= 0.6 is 0 Å². The number of fused-ring (bicyclic) bond motifs is 12. The van der Waals surface area contributed by atoms with Gasteiger partial charge in [0.1, 0.15) is 22.3 Å². The first kappa shape index (κ1) is 48.2. The first-order valence-corrected chi connectivity index (χ1v) is 29.6. The Hall–Kier alpha value is -11.3. The second-order valence-electron chi connectivity index (χ2n) is 22.9. The number of hydrogen-bond donors (Lipinski definition) is 0. The van der Waals surface area contributed by atoms with Crippen LogP contribution in [0.25, 0.3) is 186 Å². The molecule has 0 fully saturated rings. The lowest BCUT2D eigenvalue weighted by Gasteiger charge is -2.19. The summed E-state index contributed by atoms with van der Waals surface area (Å²) in [6.07, 6.45) is 0. The SMILES string of the molecule is c1ccc(-c2c3ccccc3c(-c3cc(-c4cccc5cc(-c6ccc(-c7c8ccccc8c(-c8ccc9oc%10c(-c%11cccc%12ccccc%11%12)cccc%10c9c8)c8ccccc78)cc6)ccc45)c4oc5ccccc5c4c3)c3ccccc23)cc1. The monoisotopic (exact) mass is 1090 g/mol. The van der Waals surface area contributed by atoms with Gasteiger partial charge in [0.25, 0.3) is 0 Å². The first-order chi connectivity index (χ1) is 42.7. The second-order valence-corrected chi connectivity index (χ2v) is 22.9. The van der Waals surface area contributed by atoms with E-state index in [0.29, 0.717) is 0 Å². The van der Waals surface area contributed by atoms with Crippen molar-refractivity contribution < 1.29 is 8.83 Å². The number of furan rings is 2. The number of benzene rings is 16. The highest BCUT2D eigenvalue weighted by Crippen LogP contribution is 2.50. The predicted octanol–water partition coefficient (Wildman–Crippen LogP) is 24.1. The van der Waals surface area contributed by atoms with Gasteiger partial charge in [-0.1, -0.05) is 267 Å². The van der Waals surface area contributed by atoms with Gasteiger partial charge in [0.15, 0.2) is 0 Å². The van der Waals surface area contributed by atoms with Crippen molar-refractivity contribution in [2.24, 2.45) is 0 Å². The third kappa shape index (κ3) is 7.40. The third-order valence-electron chi connectivity index (χ3n) is 18.2. The normalized spacial score (nSPS) is 12.0. The van der Waals surface area contributed by atoms with Crippen LogP contribution < -0.4 is 0 Å². The number of hydrogen-bond acceptors (Lipinski definition) is 2. The summed E-state index contributed by atoms with van der Waals surface area (Å²) in [4.78, 5) is 0. The van der Waals surface area contributed by atoms with E-state index in [1.807, 2.05) is 0 Å². The van der Waals surface area contributed by atoms with Crippen molar-refractivity contribution in [1.82, 2.24) is 0 Å². The minimum absolute atomic E-state index is 0.881. The number of rotatable bonds is 7. The van der Waals surface area contributed by atoms with Crippen LogP contribution in [0.5, 0.6) is 0 Å². The van der Waals surface area contributed by atoms with Gasteiger partial charge in [-0.2, -0.15) is 0 Å². The third-order valence-corrected chi connectivity index (χ3v) is 18.2. The summed E-state index contributed by atoms with van der Waals surface area (Å²) in [5, 5.41) is 19.0. The van der Waals surface area contributed by atoms with Crippen LogP contribution in [-0.2, 0) is 0 Å². The lowest BCUT2D eigenvalue weighted by Crippen LogP contribution is -1.92. The Morgan fingerprint density at radius 1 is 0.163 bits per heavy atom. The van der Waals surface area contributed by atoms with Crippen LogP contribution in [0.1, 0.15) is 0 Å². The largest absolute Gasteiger partial charge is 0.455 e. The topological polar surface area (TPSA) is 26.3 Å². The van der Waals surface area contributed by atoms with Gasteiger partial charge in [-0.3, -0.25) is 0 Å². The van der Waals surface area contributed by atoms with Crippen LogP contribution in [0, 0.1) is 0 Å². The standard InChI is InChI=1S/C84H50O2/c1-2-20-53(21-3-1)79-66-28-8-12-32-70(66)82(71-33-13-9-29-67(71)79)58-49-75(84-76(50-58)63-25-14-15-38-77(63)85-84)62-35-17-23-56-47-55(43-45-60(56)62)51-39-41-54(42-40-51)80-64-26-6-10-30-68(64)81(69-31-11-7-27-65(69)80)57-44-46-78-74(48-57)73-37-18-36-72(83(73)86-78)61-34-16-22-52-19-4-5-24-59(52)61/h1-50H. The molecule has 398 valence electrons. The highest BCUT2D eigenvalue weighted by molar-refractivity contribution is 6.25. The van der Waals surface area contributed by atoms with Crippen LogP contribution in [0.4, 0.5) is 0 Å². The van der Waals surface area contributed by atoms with Crippen molar-refractivity contribution >= 4 is 109 Å². The molecule has 0 unspecified atom stereocenters. The molecule has 16 aromatic carbocycles. The maximum absolute atomic E-state index is 6.90. The van der Waals surface area contributed by atoms with Crippen molar-refractivity contribution in [3.63, 3.8) is 0 Å². The average Bonchev–Trinajstić information content (AvgIpc) is 1.23. The van der Waals surface area contributed by atoms with Gasteiger partial charge in [-0.15, -0.1) is 0 Å². The maximum atomic E-state index is 6.90. The van der Waals surface area contributed by atoms with Crippen molar-refractivity contribution in [3.8, 4) is 77.9 Å². The molecule has 0 aliphatic heterocycles. The molecule has 0 aliphatic rings. The summed E-state index contributed by atoms with van der Waals surface area (Å²) >= 11 is 0. The van der Waals surface area contributed by atoms with E-state index in [9.17, 15) is 0 Å². The Kier molecular flexibility index (Phi) is 10.7. The Labute approximate surface area is 495 Å². The molecule has 2 aromatic heterocycles.